The lowest BCUT2D eigenvalue weighted by Crippen LogP contribution is -2.06. The monoisotopic (exact) mass is 197 g/mol. The average molecular weight is 198 g/mol. The first kappa shape index (κ1) is 9.67. The van der Waals surface area contributed by atoms with Crippen molar-refractivity contribution in [2.75, 3.05) is 0 Å². The summed E-state index contributed by atoms with van der Waals surface area (Å²) in [5, 5.41) is -0.647. The predicted molar refractivity (Wildman–Crippen MR) is 49.7 cm³/mol. The number of nitrogens with zero attached hydrogens (tertiary/aromatic N) is 2. The fourth-order valence-corrected chi connectivity index (χ4v) is 1.08. The van der Waals surface area contributed by atoms with Gasteiger partial charge >= 0.3 is 0 Å². The number of carbonyl (C=O) groups is 1. The summed E-state index contributed by atoms with van der Waals surface area (Å²) >= 11 is 5.32. The first-order valence-electron chi connectivity index (χ1n) is 3.56. The zero-order valence-corrected chi connectivity index (χ0v) is 7.75. The van der Waals surface area contributed by atoms with E-state index in [1.54, 1.807) is 13.0 Å². The van der Waals surface area contributed by atoms with Crippen LogP contribution in [0.4, 0.5) is 0 Å². The Kier molecular flexibility index (Phi) is 2.97. The normalized spacial score (nSPS) is 12.2. The minimum atomic E-state index is -0.647. The first-order chi connectivity index (χ1) is 6.13. The Morgan fingerprint density at radius 2 is 2.00 bits per heavy atom. The molecule has 1 aromatic rings. The summed E-state index contributed by atoms with van der Waals surface area (Å²) < 4.78 is 0. The molecule has 0 unspecified atom stereocenters. The highest BCUT2D eigenvalue weighted by molar-refractivity contribution is 6.74. The van der Waals surface area contributed by atoms with Crippen LogP contribution in [0.25, 0.3) is 5.57 Å². The summed E-state index contributed by atoms with van der Waals surface area (Å²) in [7, 11) is 0. The molecule has 0 radical (unpaired) electrons. The van der Waals surface area contributed by atoms with Gasteiger partial charge in [0.05, 0.1) is 5.57 Å². The number of allylic oxidation sites excluding steroid dienone is 2. The molecule has 0 aromatic carbocycles. The Morgan fingerprint density at radius 3 is 2.38 bits per heavy atom. The SMILES string of the molecule is CC(N)=C(C(=O)Cl)c1ncccn1. The summed E-state index contributed by atoms with van der Waals surface area (Å²) in [6.07, 6.45) is 3.04. The van der Waals surface area contributed by atoms with Gasteiger partial charge in [-0.05, 0) is 24.6 Å². The third-order valence-electron chi connectivity index (χ3n) is 1.38. The van der Waals surface area contributed by atoms with Crippen molar-refractivity contribution in [1.82, 2.24) is 9.97 Å². The summed E-state index contributed by atoms with van der Waals surface area (Å²) in [5.74, 6) is 0.252. The molecule has 0 amide bonds. The second kappa shape index (κ2) is 4.00. The van der Waals surface area contributed by atoms with Crippen molar-refractivity contribution in [3.8, 4) is 0 Å². The second-order valence-electron chi connectivity index (χ2n) is 2.40. The largest absolute Gasteiger partial charge is 0.402 e. The number of hydrogen-bond acceptors (Lipinski definition) is 4. The molecular weight excluding hydrogens is 190 g/mol. The van der Waals surface area contributed by atoms with Crippen molar-refractivity contribution in [2.45, 2.75) is 6.92 Å². The van der Waals surface area contributed by atoms with Gasteiger partial charge in [-0.15, -0.1) is 0 Å². The molecule has 1 heterocycles. The van der Waals surface area contributed by atoms with E-state index in [1.165, 1.54) is 12.4 Å². The van der Waals surface area contributed by atoms with Gasteiger partial charge in [-0.25, -0.2) is 9.97 Å². The quantitative estimate of drug-likeness (QED) is 0.566. The van der Waals surface area contributed by atoms with E-state index in [4.69, 9.17) is 17.3 Å². The maximum absolute atomic E-state index is 10.9. The predicted octanol–water partition coefficient (Wildman–Crippen LogP) is 0.932. The molecule has 68 valence electrons. The van der Waals surface area contributed by atoms with Crippen LogP contribution in [0.3, 0.4) is 0 Å². The molecule has 0 saturated carbocycles. The minimum absolute atomic E-state index is 0.155. The van der Waals surface area contributed by atoms with Gasteiger partial charge in [0.15, 0.2) is 5.82 Å². The second-order valence-corrected chi connectivity index (χ2v) is 2.75. The van der Waals surface area contributed by atoms with Gasteiger partial charge in [-0.3, -0.25) is 4.79 Å². The number of carbonyl (C=O) groups excluding carboxylic acids is 1. The van der Waals surface area contributed by atoms with Gasteiger partial charge < -0.3 is 5.73 Å². The van der Waals surface area contributed by atoms with Crippen molar-refractivity contribution in [3.63, 3.8) is 0 Å². The number of halogens is 1. The standard InChI is InChI=1S/C8H8ClN3O/c1-5(10)6(7(9)13)8-11-3-2-4-12-8/h2-4H,10H2,1H3. The third-order valence-corrected chi connectivity index (χ3v) is 1.57. The van der Waals surface area contributed by atoms with Gasteiger partial charge in [0, 0.05) is 18.1 Å². The van der Waals surface area contributed by atoms with Crippen LogP contribution in [0.15, 0.2) is 24.2 Å². The fourth-order valence-electron chi connectivity index (χ4n) is 0.847. The number of aromatic nitrogens is 2. The molecule has 0 aliphatic heterocycles. The third kappa shape index (κ3) is 2.26. The maximum atomic E-state index is 10.9. The van der Waals surface area contributed by atoms with E-state index in [0.29, 0.717) is 5.70 Å². The number of hydrogen-bond donors (Lipinski definition) is 1. The van der Waals surface area contributed by atoms with Crippen LogP contribution in [0, 0.1) is 0 Å². The van der Waals surface area contributed by atoms with Crippen LogP contribution in [-0.2, 0) is 4.79 Å². The lowest BCUT2D eigenvalue weighted by molar-refractivity contribution is -0.107. The van der Waals surface area contributed by atoms with Crippen molar-refractivity contribution >= 4 is 22.4 Å². The van der Waals surface area contributed by atoms with Crippen molar-refractivity contribution in [3.05, 3.63) is 30.0 Å². The molecule has 4 nitrogen and oxygen atoms in total. The molecule has 0 aliphatic rings. The van der Waals surface area contributed by atoms with Crippen molar-refractivity contribution in [2.24, 2.45) is 5.73 Å². The number of rotatable bonds is 2. The Labute approximate surface area is 80.4 Å². The van der Waals surface area contributed by atoms with E-state index in [-0.39, 0.29) is 11.4 Å². The number of nitrogens with two attached hydrogens (primary N) is 1. The lowest BCUT2D eigenvalue weighted by Gasteiger charge is -2.01. The molecule has 0 saturated heterocycles. The maximum Gasteiger partial charge on any atom is 0.257 e. The molecular formula is C8H8ClN3O. The van der Waals surface area contributed by atoms with Gasteiger partial charge in [-0.1, -0.05) is 0 Å². The summed E-state index contributed by atoms with van der Waals surface area (Å²) in [5.41, 5.74) is 5.93. The highest BCUT2D eigenvalue weighted by Gasteiger charge is 2.13. The molecule has 5 heteroatoms. The molecule has 2 N–H and O–H groups in total. The van der Waals surface area contributed by atoms with E-state index in [0.717, 1.165) is 0 Å². The van der Waals surface area contributed by atoms with Crippen LogP contribution < -0.4 is 5.73 Å². The fraction of sp³-hybridized carbons (Fsp3) is 0.125. The zero-order chi connectivity index (χ0) is 9.84. The zero-order valence-electron chi connectivity index (χ0n) is 6.99. The van der Waals surface area contributed by atoms with Crippen molar-refractivity contribution in [1.29, 1.82) is 0 Å². The van der Waals surface area contributed by atoms with E-state index < -0.39 is 5.24 Å². The van der Waals surface area contributed by atoms with Crippen LogP contribution in [0.5, 0.6) is 0 Å². The van der Waals surface area contributed by atoms with Gasteiger partial charge in [0.25, 0.3) is 5.24 Å². The Balaban J connectivity index is 3.20. The topological polar surface area (TPSA) is 68.9 Å². The molecule has 1 rings (SSSR count). The molecule has 0 bridgehead atoms. The molecule has 0 fully saturated rings. The molecule has 0 atom stereocenters. The van der Waals surface area contributed by atoms with E-state index in [1.807, 2.05) is 0 Å². The minimum Gasteiger partial charge on any atom is -0.402 e. The first-order valence-corrected chi connectivity index (χ1v) is 3.94. The van der Waals surface area contributed by atoms with Gasteiger partial charge in [0.1, 0.15) is 0 Å². The summed E-state index contributed by atoms with van der Waals surface area (Å²) in [6, 6.07) is 1.64. The molecule has 13 heavy (non-hydrogen) atoms. The summed E-state index contributed by atoms with van der Waals surface area (Å²) in [6.45, 7) is 1.58. The Morgan fingerprint density at radius 1 is 1.46 bits per heavy atom. The highest BCUT2D eigenvalue weighted by atomic mass is 35.5. The van der Waals surface area contributed by atoms with E-state index in [9.17, 15) is 4.79 Å². The Hall–Kier alpha value is -1.42. The van der Waals surface area contributed by atoms with Crippen LogP contribution in [0.1, 0.15) is 12.7 Å². The van der Waals surface area contributed by atoms with Crippen molar-refractivity contribution < 1.29 is 4.79 Å². The average Bonchev–Trinajstić information content (AvgIpc) is 2.04. The lowest BCUT2D eigenvalue weighted by atomic mass is 10.2. The van der Waals surface area contributed by atoms with E-state index >= 15 is 0 Å². The molecule has 0 aliphatic carbocycles. The van der Waals surface area contributed by atoms with Gasteiger partial charge in [-0.2, -0.15) is 0 Å². The highest BCUT2D eigenvalue weighted by Crippen LogP contribution is 2.14. The molecule has 1 aromatic heterocycles. The summed E-state index contributed by atoms with van der Waals surface area (Å²) in [4.78, 5) is 18.7. The molecule has 0 spiro atoms. The van der Waals surface area contributed by atoms with Crippen LogP contribution >= 0.6 is 11.6 Å². The van der Waals surface area contributed by atoms with Gasteiger partial charge in [0.2, 0.25) is 0 Å². The van der Waals surface area contributed by atoms with Crippen LogP contribution in [0.2, 0.25) is 0 Å². The smallest absolute Gasteiger partial charge is 0.257 e. The van der Waals surface area contributed by atoms with E-state index in [2.05, 4.69) is 9.97 Å². The van der Waals surface area contributed by atoms with Crippen LogP contribution in [-0.4, -0.2) is 15.2 Å². The Bertz CT molecular complexity index is 344.